The van der Waals surface area contributed by atoms with E-state index in [9.17, 15) is 22.8 Å². The van der Waals surface area contributed by atoms with Gasteiger partial charge in [-0.25, -0.2) is 0 Å². The number of ether oxygens (including phenoxy) is 1. The van der Waals surface area contributed by atoms with Crippen molar-refractivity contribution >= 4 is 29.9 Å². The molecule has 2 fully saturated rings. The normalized spacial score (nSPS) is 20.9. The average Bonchev–Trinajstić information content (AvgIpc) is 3.19. The smallest absolute Gasteiger partial charge is 0.416 e. The third kappa shape index (κ3) is 6.59. The number of amides is 2. The maximum absolute atomic E-state index is 12.9. The Morgan fingerprint density at radius 1 is 0.972 bits per heavy atom. The zero-order valence-electron chi connectivity index (χ0n) is 20.3. The Morgan fingerprint density at radius 2 is 1.61 bits per heavy atom. The van der Waals surface area contributed by atoms with E-state index in [1.165, 1.54) is 17.0 Å². The average molecular weight is 525 g/mol. The molecule has 0 N–H and O–H groups in total. The van der Waals surface area contributed by atoms with Crippen molar-refractivity contribution in [2.24, 2.45) is 5.92 Å². The lowest BCUT2D eigenvalue weighted by Gasteiger charge is -2.39. The molecule has 2 amide bonds. The van der Waals surface area contributed by atoms with Gasteiger partial charge < -0.3 is 9.64 Å². The van der Waals surface area contributed by atoms with Gasteiger partial charge in [0.25, 0.3) is 0 Å². The maximum atomic E-state index is 12.9. The summed E-state index contributed by atoms with van der Waals surface area (Å²) in [6.45, 7) is 5.37. The van der Waals surface area contributed by atoms with Crippen LogP contribution in [0.2, 0.25) is 0 Å². The van der Waals surface area contributed by atoms with E-state index in [4.69, 9.17) is 4.74 Å². The lowest BCUT2D eigenvalue weighted by atomic mass is 9.80. The van der Waals surface area contributed by atoms with Crippen molar-refractivity contribution in [3.8, 4) is 5.75 Å². The van der Waals surface area contributed by atoms with Gasteiger partial charge in [0.15, 0.2) is 0 Å². The van der Waals surface area contributed by atoms with Gasteiger partial charge in [0.1, 0.15) is 5.75 Å². The summed E-state index contributed by atoms with van der Waals surface area (Å²) in [6.07, 6.45) is -0.707. The summed E-state index contributed by atoms with van der Waals surface area (Å²) >= 11 is 0. The van der Waals surface area contributed by atoms with Crippen LogP contribution in [0, 0.1) is 5.92 Å². The highest BCUT2D eigenvalue weighted by Crippen LogP contribution is 2.36. The Hall–Kier alpha value is -2.58. The van der Waals surface area contributed by atoms with Gasteiger partial charge in [-0.2, -0.15) is 13.2 Å². The van der Waals surface area contributed by atoms with E-state index in [0.717, 1.165) is 56.6 Å². The molecule has 2 aliphatic heterocycles. The predicted molar refractivity (Wildman–Crippen MR) is 135 cm³/mol. The van der Waals surface area contributed by atoms with E-state index in [2.05, 4.69) is 11.8 Å². The standard InChI is InChI=1S/C27H31F3N2O3.ClH/c1-2-3-15-31-16-14-24(19-4-8-22(9-5-19)32-25(33)12-13-26(32)34)20(17-31)18-35-23-10-6-21(7-11-23)27(28,29)30;/h4-11,20,24H,2-3,12-18H2,1H3;1H/t20-,24-;/m1./s1. The quantitative estimate of drug-likeness (QED) is 0.394. The zero-order chi connectivity index (χ0) is 25.0. The highest BCUT2D eigenvalue weighted by atomic mass is 35.5. The largest absolute Gasteiger partial charge is 0.493 e. The van der Waals surface area contributed by atoms with Gasteiger partial charge in [0.05, 0.1) is 17.9 Å². The molecule has 9 heteroatoms. The molecule has 0 radical (unpaired) electrons. The van der Waals surface area contributed by atoms with E-state index in [1.54, 1.807) is 0 Å². The monoisotopic (exact) mass is 524 g/mol. The SMILES string of the molecule is CCCCN1CC[C@H](c2ccc(N3C(=O)CCC3=O)cc2)[C@@H](COc2ccc(C(F)(F)F)cc2)C1.Cl. The summed E-state index contributed by atoms with van der Waals surface area (Å²) in [4.78, 5) is 27.8. The minimum absolute atomic E-state index is 0. The second-order valence-electron chi connectivity index (χ2n) is 9.36. The van der Waals surface area contributed by atoms with Gasteiger partial charge >= 0.3 is 6.18 Å². The number of hydrogen-bond donors (Lipinski definition) is 0. The number of rotatable bonds is 8. The molecular weight excluding hydrogens is 493 g/mol. The third-order valence-electron chi connectivity index (χ3n) is 6.92. The van der Waals surface area contributed by atoms with Crippen LogP contribution >= 0.6 is 12.4 Å². The van der Waals surface area contributed by atoms with Crippen LogP contribution < -0.4 is 9.64 Å². The number of anilines is 1. The minimum atomic E-state index is -4.37. The van der Waals surface area contributed by atoms with Crippen LogP contribution in [0.1, 0.15) is 56.1 Å². The first-order chi connectivity index (χ1) is 16.8. The molecule has 2 heterocycles. The van der Waals surface area contributed by atoms with Crippen molar-refractivity contribution in [3.63, 3.8) is 0 Å². The Morgan fingerprint density at radius 3 is 2.19 bits per heavy atom. The molecule has 0 spiro atoms. The molecule has 196 valence electrons. The molecule has 0 aliphatic carbocycles. The van der Waals surface area contributed by atoms with Crippen LogP contribution in [0.25, 0.3) is 0 Å². The highest BCUT2D eigenvalue weighted by molar-refractivity contribution is 6.19. The van der Waals surface area contributed by atoms with Gasteiger partial charge in [-0.15, -0.1) is 12.4 Å². The molecule has 36 heavy (non-hydrogen) atoms. The molecule has 2 aromatic rings. The predicted octanol–water partition coefficient (Wildman–Crippen LogP) is 6.07. The number of imide groups is 1. The summed E-state index contributed by atoms with van der Waals surface area (Å²) in [5, 5.41) is 0. The molecule has 0 saturated carbocycles. The molecule has 2 aromatic carbocycles. The Kier molecular flexibility index (Phi) is 9.41. The van der Waals surface area contributed by atoms with Gasteiger partial charge in [-0.1, -0.05) is 25.5 Å². The van der Waals surface area contributed by atoms with Crippen LogP contribution in [-0.2, 0) is 15.8 Å². The topological polar surface area (TPSA) is 49.9 Å². The van der Waals surface area contributed by atoms with E-state index >= 15 is 0 Å². The van der Waals surface area contributed by atoms with Crippen molar-refractivity contribution < 1.29 is 27.5 Å². The molecular formula is C27H32ClF3N2O3. The van der Waals surface area contributed by atoms with E-state index in [0.29, 0.717) is 18.0 Å². The molecule has 2 aliphatic rings. The lowest BCUT2D eigenvalue weighted by Crippen LogP contribution is -2.42. The molecule has 4 rings (SSSR count). The van der Waals surface area contributed by atoms with Gasteiger partial charge in [-0.05, 0) is 73.8 Å². The van der Waals surface area contributed by atoms with E-state index in [-0.39, 0.29) is 48.9 Å². The summed E-state index contributed by atoms with van der Waals surface area (Å²) in [5.74, 6) is 0.443. The minimum Gasteiger partial charge on any atom is -0.493 e. The summed E-state index contributed by atoms with van der Waals surface area (Å²) in [6, 6.07) is 12.4. The first kappa shape index (κ1) is 28.0. The molecule has 2 atom stereocenters. The Balaban J connectivity index is 0.00000361. The second kappa shape index (κ2) is 12.1. The first-order valence-electron chi connectivity index (χ1n) is 12.2. The number of piperidine rings is 1. The van der Waals surface area contributed by atoms with Crippen LogP contribution in [0.3, 0.4) is 0 Å². The van der Waals surface area contributed by atoms with Crippen LogP contribution in [0.4, 0.5) is 18.9 Å². The van der Waals surface area contributed by atoms with Crippen molar-refractivity contribution in [1.82, 2.24) is 4.90 Å². The first-order valence-corrected chi connectivity index (χ1v) is 12.2. The van der Waals surface area contributed by atoms with Gasteiger partial charge in [0.2, 0.25) is 11.8 Å². The number of carbonyl (C=O) groups is 2. The third-order valence-corrected chi connectivity index (χ3v) is 6.92. The number of carbonyl (C=O) groups excluding carboxylic acids is 2. The fourth-order valence-corrected chi connectivity index (χ4v) is 4.98. The molecule has 0 bridgehead atoms. The van der Waals surface area contributed by atoms with Crippen LogP contribution in [0.5, 0.6) is 5.75 Å². The maximum Gasteiger partial charge on any atom is 0.416 e. The van der Waals surface area contributed by atoms with Crippen molar-refractivity contribution in [3.05, 3.63) is 59.7 Å². The zero-order valence-corrected chi connectivity index (χ0v) is 21.1. The van der Waals surface area contributed by atoms with Gasteiger partial charge in [-0.3, -0.25) is 14.5 Å². The van der Waals surface area contributed by atoms with Crippen molar-refractivity contribution in [1.29, 1.82) is 0 Å². The number of unbranched alkanes of at least 4 members (excludes halogenated alkanes) is 1. The number of nitrogens with zero attached hydrogens (tertiary/aromatic N) is 2. The highest BCUT2D eigenvalue weighted by Gasteiger charge is 2.33. The fourth-order valence-electron chi connectivity index (χ4n) is 4.98. The van der Waals surface area contributed by atoms with Crippen LogP contribution in [-0.4, -0.2) is 43.0 Å². The summed E-state index contributed by atoms with van der Waals surface area (Å²) in [7, 11) is 0. The van der Waals surface area contributed by atoms with E-state index in [1.807, 2.05) is 24.3 Å². The van der Waals surface area contributed by atoms with Crippen molar-refractivity contribution in [2.45, 2.75) is 51.1 Å². The molecule has 2 saturated heterocycles. The number of benzene rings is 2. The van der Waals surface area contributed by atoms with Crippen LogP contribution in [0.15, 0.2) is 48.5 Å². The number of alkyl halides is 3. The second-order valence-corrected chi connectivity index (χ2v) is 9.36. The lowest BCUT2D eigenvalue weighted by molar-refractivity contribution is -0.137. The van der Waals surface area contributed by atoms with Crippen molar-refractivity contribution in [2.75, 3.05) is 31.1 Å². The molecule has 0 unspecified atom stereocenters. The van der Waals surface area contributed by atoms with E-state index < -0.39 is 11.7 Å². The molecule has 0 aromatic heterocycles. The Labute approximate surface area is 216 Å². The number of halogens is 4. The summed E-state index contributed by atoms with van der Waals surface area (Å²) in [5.41, 5.74) is 1.02. The number of likely N-dealkylation sites (tertiary alicyclic amines) is 1. The van der Waals surface area contributed by atoms with Gasteiger partial charge in [0, 0.05) is 25.3 Å². The number of hydrogen-bond acceptors (Lipinski definition) is 4. The Bertz CT molecular complexity index is 1010. The molecule has 5 nitrogen and oxygen atoms in total. The summed E-state index contributed by atoms with van der Waals surface area (Å²) < 4.78 is 44.5. The fraction of sp³-hybridized carbons (Fsp3) is 0.481.